The number of hydrogen-bond donors (Lipinski definition) is 0. The second kappa shape index (κ2) is 12.3. The van der Waals surface area contributed by atoms with Gasteiger partial charge in [0.2, 0.25) is 0 Å². The Kier molecular flexibility index (Phi) is 6.89. The second-order valence-electron chi connectivity index (χ2n) is 14.6. The average Bonchev–Trinajstić information content (AvgIpc) is 3.83. The molecule has 0 saturated carbocycles. The van der Waals surface area contributed by atoms with Crippen LogP contribution in [0, 0.1) is 0 Å². The number of fused-ring (bicyclic) bond motifs is 10. The van der Waals surface area contributed by atoms with Gasteiger partial charge in [0.05, 0.1) is 5.92 Å². The van der Waals surface area contributed by atoms with Gasteiger partial charge in [-0.05, 0) is 68.2 Å². The van der Waals surface area contributed by atoms with Gasteiger partial charge in [0.25, 0.3) is 0 Å². The maximum Gasteiger partial charge on any atom is 0.164 e. The highest BCUT2D eigenvalue weighted by Crippen LogP contribution is 2.53. The number of rotatable bonds is 4. The Morgan fingerprint density at radius 1 is 0.482 bits per heavy atom. The molecule has 8 aromatic carbocycles. The standard InChI is InChI=1S/C51H31N3OS/c1-2-13-30(14-3-1)49-52-50(54-51(53-49)41-28-33-17-6-7-18-34(33)35-19-8-9-20-36(35)41)40-24-11-25-43-46(40)39-23-10-22-38(48(39)55-43)37-21-12-26-44-47(37)42-27-31-15-4-5-16-32(31)29-45(42)56-44/h1-29,43,46H. The maximum atomic E-state index is 7.00. The summed E-state index contributed by atoms with van der Waals surface area (Å²) in [5.74, 6) is 2.78. The van der Waals surface area contributed by atoms with E-state index in [1.165, 1.54) is 47.3 Å². The van der Waals surface area contributed by atoms with Crippen molar-refractivity contribution in [3.05, 3.63) is 187 Å². The van der Waals surface area contributed by atoms with Gasteiger partial charge in [0.1, 0.15) is 11.9 Å². The van der Waals surface area contributed by atoms with Crippen LogP contribution in [0.15, 0.2) is 176 Å². The van der Waals surface area contributed by atoms with Crippen molar-refractivity contribution in [3.8, 4) is 39.7 Å². The highest BCUT2D eigenvalue weighted by molar-refractivity contribution is 7.26. The zero-order valence-corrected chi connectivity index (χ0v) is 30.9. The molecule has 56 heavy (non-hydrogen) atoms. The lowest BCUT2D eigenvalue weighted by Gasteiger charge is -2.22. The van der Waals surface area contributed by atoms with Crippen molar-refractivity contribution in [2.75, 3.05) is 0 Å². The monoisotopic (exact) mass is 733 g/mol. The third-order valence-electron chi connectivity index (χ3n) is 11.5. The number of benzene rings is 8. The Bertz CT molecular complexity index is 3310. The van der Waals surface area contributed by atoms with Crippen LogP contribution in [-0.4, -0.2) is 21.1 Å². The van der Waals surface area contributed by atoms with E-state index in [9.17, 15) is 0 Å². The summed E-state index contributed by atoms with van der Waals surface area (Å²) in [5, 5.41) is 9.71. The van der Waals surface area contributed by atoms with E-state index in [0.29, 0.717) is 17.5 Å². The summed E-state index contributed by atoms with van der Waals surface area (Å²) in [6, 6.07) is 56.1. The Balaban J connectivity index is 1.04. The molecule has 0 bridgehead atoms. The Morgan fingerprint density at radius 2 is 1.18 bits per heavy atom. The van der Waals surface area contributed by atoms with Crippen molar-refractivity contribution in [1.29, 1.82) is 0 Å². The first-order valence-corrected chi connectivity index (χ1v) is 19.8. The molecule has 10 aromatic rings. The summed E-state index contributed by atoms with van der Waals surface area (Å²) in [5.41, 5.74) is 6.38. The number of nitrogens with zero attached hydrogens (tertiary/aromatic N) is 3. The van der Waals surface area contributed by atoms with Gasteiger partial charge in [-0.2, -0.15) is 0 Å². The molecule has 12 rings (SSSR count). The van der Waals surface area contributed by atoms with Crippen molar-refractivity contribution in [3.63, 3.8) is 0 Å². The van der Waals surface area contributed by atoms with Gasteiger partial charge >= 0.3 is 0 Å². The number of para-hydroxylation sites is 1. The second-order valence-corrected chi connectivity index (χ2v) is 15.7. The van der Waals surface area contributed by atoms with E-state index in [1.54, 1.807) is 0 Å². The molecule has 0 radical (unpaired) electrons. The molecule has 2 atom stereocenters. The van der Waals surface area contributed by atoms with Gasteiger partial charge in [0, 0.05) is 48.0 Å². The van der Waals surface area contributed by atoms with Crippen molar-refractivity contribution >= 4 is 69.4 Å². The van der Waals surface area contributed by atoms with Crippen molar-refractivity contribution < 1.29 is 4.74 Å². The van der Waals surface area contributed by atoms with Crippen LogP contribution in [0.25, 0.3) is 92.0 Å². The van der Waals surface area contributed by atoms with Crippen LogP contribution in [0.1, 0.15) is 17.3 Å². The van der Waals surface area contributed by atoms with Crippen LogP contribution in [0.5, 0.6) is 5.75 Å². The van der Waals surface area contributed by atoms with Gasteiger partial charge in [-0.15, -0.1) is 11.3 Å². The summed E-state index contributed by atoms with van der Waals surface area (Å²) in [6.07, 6.45) is 6.23. The molecule has 2 aliphatic rings. The molecule has 2 aromatic heterocycles. The molecule has 1 aliphatic heterocycles. The Morgan fingerprint density at radius 3 is 2.05 bits per heavy atom. The summed E-state index contributed by atoms with van der Waals surface area (Å²) in [4.78, 5) is 15.7. The quantitative estimate of drug-likeness (QED) is 0.169. The molecule has 262 valence electrons. The van der Waals surface area contributed by atoms with E-state index in [-0.39, 0.29) is 12.0 Å². The van der Waals surface area contributed by atoms with Crippen LogP contribution >= 0.6 is 11.3 Å². The van der Waals surface area contributed by atoms with Gasteiger partial charge in [-0.3, -0.25) is 0 Å². The van der Waals surface area contributed by atoms with E-state index >= 15 is 0 Å². The van der Waals surface area contributed by atoms with Crippen molar-refractivity contribution in [1.82, 2.24) is 15.0 Å². The van der Waals surface area contributed by atoms with Crippen LogP contribution in [0.4, 0.5) is 0 Å². The summed E-state index contributed by atoms with van der Waals surface area (Å²) < 4.78 is 9.56. The highest BCUT2D eigenvalue weighted by atomic mass is 32.1. The molecule has 4 nitrogen and oxygen atoms in total. The molecule has 3 heterocycles. The topological polar surface area (TPSA) is 47.9 Å². The van der Waals surface area contributed by atoms with Crippen LogP contribution in [-0.2, 0) is 0 Å². The van der Waals surface area contributed by atoms with Crippen molar-refractivity contribution in [2.45, 2.75) is 12.0 Å². The summed E-state index contributed by atoms with van der Waals surface area (Å²) >= 11 is 1.85. The average molecular weight is 734 g/mol. The lowest BCUT2D eigenvalue weighted by atomic mass is 9.83. The van der Waals surface area contributed by atoms with E-state index in [1.807, 2.05) is 29.5 Å². The molecular weight excluding hydrogens is 703 g/mol. The first kappa shape index (κ1) is 31.4. The zero-order valence-electron chi connectivity index (χ0n) is 30.1. The molecule has 0 spiro atoms. The maximum absolute atomic E-state index is 7.00. The number of ether oxygens (including phenoxy) is 1. The first-order valence-electron chi connectivity index (χ1n) is 19.0. The van der Waals surface area contributed by atoms with Gasteiger partial charge in [-0.1, -0.05) is 146 Å². The highest BCUT2D eigenvalue weighted by Gasteiger charge is 2.40. The number of hydrogen-bond acceptors (Lipinski definition) is 5. The largest absolute Gasteiger partial charge is 0.484 e. The predicted molar refractivity (Wildman–Crippen MR) is 232 cm³/mol. The molecule has 0 amide bonds. The smallest absolute Gasteiger partial charge is 0.164 e. The minimum Gasteiger partial charge on any atom is -0.484 e. The summed E-state index contributed by atoms with van der Waals surface area (Å²) in [7, 11) is 0. The fourth-order valence-corrected chi connectivity index (χ4v) is 10.1. The normalized spacial score (nSPS) is 16.0. The third-order valence-corrected chi connectivity index (χ3v) is 12.6. The molecule has 1 aliphatic carbocycles. The van der Waals surface area contributed by atoms with E-state index in [2.05, 4.69) is 158 Å². The SMILES string of the molecule is C1=CC2Oc3c(-c4cccc5sc6cc7ccccc7cc6c45)cccc3C2C(c2nc(-c3ccccc3)nc(-c3cc4ccccc4c4ccccc34)n2)=C1. The minimum atomic E-state index is -0.199. The number of allylic oxidation sites excluding steroid dienone is 2. The van der Waals surface area contributed by atoms with Crippen LogP contribution in [0.2, 0.25) is 0 Å². The molecule has 0 N–H and O–H groups in total. The Hall–Kier alpha value is -6.95. The van der Waals surface area contributed by atoms with E-state index < -0.39 is 0 Å². The van der Waals surface area contributed by atoms with Gasteiger partial charge in [-0.25, -0.2) is 15.0 Å². The lowest BCUT2D eigenvalue weighted by Crippen LogP contribution is -2.20. The fourth-order valence-electron chi connectivity index (χ4n) is 8.92. The molecule has 0 saturated heterocycles. The van der Waals surface area contributed by atoms with E-state index in [4.69, 9.17) is 19.7 Å². The molecular formula is C51H31N3OS. The Labute approximate surface area is 326 Å². The zero-order chi connectivity index (χ0) is 36.7. The lowest BCUT2D eigenvalue weighted by molar-refractivity contribution is 0.272. The minimum absolute atomic E-state index is 0.0930. The molecule has 0 fully saturated rings. The first-order chi connectivity index (χ1) is 27.7. The van der Waals surface area contributed by atoms with Crippen LogP contribution < -0.4 is 4.74 Å². The fraction of sp³-hybridized carbons (Fsp3) is 0.0392. The van der Waals surface area contributed by atoms with E-state index in [0.717, 1.165) is 44.3 Å². The summed E-state index contributed by atoms with van der Waals surface area (Å²) in [6.45, 7) is 0. The van der Waals surface area contributed by atoms with Gasteiger partial charge in [0.15, 0.2) is 17.5 Å². The van der Waals surface area contributed by atoms with Crippen LogP contribution in [0.3, 0.4) is 0 Å². The van der Waals surface area contributed by atoms with Gasteiger partial charge < -0.3 is 4.74 Å². The predicted octanol–water partition coefficient (Wildman–Crippen LogP) is 13.2. The third kappa shape index (κ3) is 4.81. The number of aromatic nitrogens is 3. The number of thiophene rings is 1. The molecule has 5 heteroatoms. The van der Waals surface area contributed by atoms with Crippen molar-refractivity contribution in [2.24, 2.45) is 0 Å². The molecule has 2 unspecified atom stereocenters.